The number of nitrogens with zero attached hydrogens (tertiary/aromatic N) is 1. The fourth-order valence-electron chi connectivity index (χ4n) is 2.03. The van der Waals surface area contributed by atoms with Crippen LogP contribution in [0.5, 0.6) is 11.5 Å². The van der Waals surface area contributed by atoms with Crippen molar-refractivity contribution in [2.45, 2.75) is 0 Å². The molecule has 0 fully saturated rings. The monoisotopic (exact) mass is 382 g/mol. The van der Waals surface area contributed by atoms with Crippen molar-refractivity contribution in [1.29, 1.82) is 0 Å². The zero-order valence-electron chi connectivity index (χ0n) is 12.5. The molecule has 3 rings (SSSR count). The van der Waals surface area contributed by atoms with Crippen LogP contribution in [0.15, 0.2) is 36.4 Å². The van der Waals surface area contributed by atoms with Crippen molar-refractivity contribution in [2.75, 3.05) is 19.0 Å². The van der Waals surface area contributed by atoms with Gasteiger partial charge in [0.15, 0.2) is 11.7 Å². The van der Waals surface area contributed by atoms with Crippen LogP contribution in [-0.4, -0.2) is 24.6 Å². The largest absolute Gasteiger partial charge is 0.494 e. The number of rotatable bonds is 5. The van der Waals surface area contributed by atoms with Crippen molar-refractivity contribution in [3.63, 3.8) is 0 Å². The Morgan fingerprint density at radius 3 is 2.88 bits per heavy atom. The van der Waals surface area contributed by atoms with Crippen molar-refractivity contribution < 1.29 is 14.3 Å². The normalized spacial score (nSPS) is 10.6. The highest BCUT2D eigenvalue weighted by atomic mass is 35.5. The van der Waals surface area contributed by atoms with Gasteiger partial charge in [0.2, 0.25) is 0 Å². The second-order valence-electron chi connectivity index (χ2n) is 4.74. The Labute approximate surface area is 152 Å². The average molecular weight is 383 g/mol. The quantitative estimate of drug-likeness (QED) is 0.698. The number of methoxy groups -OCH3 is 1. The molecule has 0 aliphatic rings. The van der Waals surface area contributed by atoms with Crippen LogP contribution < -0.4 is 14.8 Å². The summed E-state index contributed by atoms with van der Waals surface area (Å²) in [6, 6.07) is 10.4. The number of hydrogen-bond acceptors (Lipinski definition) is 5. The van der Waals surface area contributed by atoms with E-state index in [1.54, 1.807) is 25.3 Å². The van der Waals surface area contributed by atoms with Crippen LogP contribution in [0.4, 0.5) is 5.13 Å². The molecule has 5 nitrogen and oxygen atoms in total. The Morgan fingerprint density at radius 2 is 2.08 bits per heavy atom. The smallest absolute Gasteiger partial charge is 0.264 e. The van der Waals surface area contributed by atoms with Crippen LogP contribution in [0.3, 0.4) is 0 Å². The molecule has 0 radical (unpaired) electrons. The predicted octanol–water partition coefficient (Wildman–Crippen LogP) is 4.63. The lowest BCUT2D eigenvalue weighted by atomic mass is 10.3. The summed E-state index contributed by atoms with van der Waals surface area (Å²) >= 11 is 13.2. The van der Waals surface area contributed by atoms with Gasteiger partial charge in [-0.25, -0.2) is 4.98 Å². The first kappa shape index (κ1) is 16.8. The Kier molecular flexibility index (Phi) is 5.08. The zero-order valence-corrected chi connectivity index (χ0v) is 14.8. The maximum atomic E-state index is 12.0. The molecule has 124 valence electrons. The summed E-state index contributed by atoms with van der Waals surface area (Å²) in [5, 5.41) is 4.04. The van der Waals surface area contributed by atoms with E-state index in [9.17, 15) is 4.79 Å². The van der Waals surface area contributed by atoms with E-state index in [-0.39, 0.29) is 12.5 Å². The number of fused-ring (bicyclic) bond motifs is 1. The van der Waals surface area contributed by atoms with E-state index in [0.717, 1.165) is 4.70 Å². The summed E-state index contributed by atoms with van der Waals surface area (Å²) < 4.78 is 11.6. The number of carbonyl (C=O) groups excluding carboxylic acids is 1. The number of para-hydroxylation sites is 1. The molecular formula is C16H12Cl2N2O3S. The van der Waals surface area contributed by atoms with Crippen LogP contribution in [-0.2, 0) is 4.79 Å². The first-order valence-electron chi connectivity index (χ1n) is 6.88. The van der Waals surface area contributed by atoms with Gasteiger partial charge in [-0.3, -0.25) is 10.1 Å². The molecule has 1 heterocycles. The van der Waals surface area contributed by atoms with Gasteiger partial charge < -0.3 is 9.47 Å². The van der Waals surface area contributed by atoms with E-state index in [4.69, 9.17) is 32.7 Å². The SMILES string of the molecule is COc1cccc2sc(NC(=O)COc3cc(Cl)ccc3Cl)nc12. The Hall–Kier alpha value is -2.02. The minimum atomic E-state index is -0.343. The molecule has 0 unspecified atom stereocenters. The number of benzene rings is 2. The number of anilines is 1. The topological polar surface area (TPSA) is 60.5 Å². The maximum absolute atomic E-state index is 12.0. The third-order valence-corrected chi connectivity index (χ3v) is 4.58. The van der Waals surface area contributed by atoms with Gasteiger partial charge >= 0.3 is 0 Å². The summed E-state index contributed by atoms with van der Waals surface area (Å²) in [6.45, 7) is -0.201. The van der Waals surface area contributed by atoms with Crippen LogP contribution in [0.1, 0.15) is 0 Å². The van der Waals surface area contributed by atoms with Gasteiger partial charge in [0.25, 0.3) is 5.91 Å². The molecule has 1 N–H and O–H groups in total. The summed E-state index contributed by atoms with van der Waals surface area (Å²) in [5.41, 5.74) is 0.708. The summed E-state index contributed by atoms with van der Waals surface area (Å²) in [6.07, 6.45) is 0. The number of carbonyl (C=O) groups is 1. The molecule has 0 saturated heterocycles. The molecule has 8 heteroatoms. The van der Waals surface area contributed by atoms with Gasteiger partial charge in [-0.1, -0.05) is 40.6 Å². The molecule has 0 spiro atoms. The van der Waals surface area contributed by atoms with Crippen LogP contribution in [0, 0.1) is 0 Å². The van der Waals surface area contributed by atoms with Crippen molar-refractivity contribution in [1.82, 2.24) is 4.98 Å². The van der Waals surface area contributed by atoms with E-state index in [1.165, 1.54) is 11.3 Å². The molecule has 24 heavy (non-hydrogen) atoms. The minimum Gasteiger partial charge on any atom is -0.494 e. The Balaban J connectivity index is 1.68. The zero-order chi connectivity index (χ0) is 17.1. The van der Waals surface area contributed by atoms with E-state index < -0.39 is 0 Å². The number of hydrogen-bond donors (Lipinski definition) is 1. The molecule has 0 aliphatic heterocycles. The molecule has 0 aliphatic carbocycles. The molecule has 0 bridgehead atoms. The molecule has 2 aromatic carbocycles. The lowest BCUT2D eigenvalue weighted by Gasteiger charge is -2.07. The molecule has 0 saturated carbocycles. The highest BCUT2D eigenvalue weighted by molar-refractivity contribution is 7.22. The van der Waals surface area contributed by atoms with E-state index >= 15 is 0 Å². The Morgan fingerprint density at radius 1 is 1.25 bits per heavy atom. The predicted molar refractivity (Wildman–Crippen MR) is 96.8 cm³/mol. The van der Waals surface area contributed by atoms with Crippen molar-refractivity contribution in [2.24, 2.45) is 0 Å². The molecule has 3 aromatic rings. The van der Waals surface area contributed by atoms with Crippen LogP contribution in [0.2, 0.25) is 10.0 Å². The molecule has 1 aromatic heterocycles. The number of halogens is 2. The standard InChI is InChI=1S/C16H12Cl2N2O3S/c1-22-11-3-2-4-13-15(11)20-16(24-13)19-14(21)8-23-12-7-9(17)5-6-10(12)18/h2-7H,8H2,1H3,(H,19,20,21). The van der Waals surface area contributed by atoms with Gasteiger partial charge in [-0.15, -0.1) is 0 Å². The van der Waals surface area contributed by atoms with Gasteiger partial charge in [-0.05, 0) is 24.3 Å². The Bertz CT molecular complexity index is 898. The first-order chi connectivity index (χ1) is 11.6. The van der Waals surface area contributed by atoms with E-state index in [2.05, 4.69) is 10.3 Å². The second kappa shape index (κ2) is 7.25. The maximum Gasteiger partial charge on any atom is 0.264 e. The third kappa shape index (κ3) is 3.72. The third-order valence-electron chi connectivity index (χ3n) is 3.10. The minimum absolute atomic E-state index is 0.201. The second-order valence-corrected chi connectivity index (χ2v) is 6.61. The molecule has 1 amide bonds. The lowest BCUT2D eigenvalue weighted by molar-refractivity contribution is -0.118. The first-order valence-corrected chi connectivity index (χ1v) is 8.45. The number of amides is 1. The molecule has 0 atom stereocenters. The number of ether oxygens (including phenoxy) is 2. The number of aromatic nitrogens is 1. The van der Waals surface area contributed by atoms with E-state index in [0.29, 0.717) is 32.2 Å². The molecular weight excluding hydrogens is 371 g/mol. The average Bonchev–Trinajstić information content (AvgIpc) is 2.97. The fraction of sp³-hybridized carbons (Fsp3) is 0.125. The van der Waals surface area contributed by atoms with Gasteiger partial charge in [0.1, 0.15) is 17.0 Å². The van der Waals surface area contributed by atoms with Crippen molar-refractivity contribution >= 4 is 55.8 Å². The van der Waals surface area contributed by atoms with Gasteiger partial charge in [0, 0.05) is 11.1 Å². The fourth-order valence-corrected chi connectivity index (χ4v) is 3.26. The highest BCUT2D eigenvalue weighted by Crippen LogP contribution is 2.32. The van der Waals surface area contributed by atoms with E-state index in [1.807, 2.05) is 18.2 Å². The van der Waals surface area contributed by atoms with Gasteiger partial charge in [0.05, 0.1) is 16.8 Å². The van der Waals surface area contributed by atoms with Gasteiger partial charge in [-0.2, -0.15) is 0 Å². The van der Waals surface area contributed by atoms with Crippen molar-refractivity contribution in [3.05, 3.63) is 46.4 Å². The number of nitrogens with one attached hydrogen (secondary N) is 1. The summed E-state index contributed by atoms with van der Waals surface area (Å²) in [4.78, 5) is 16.4. The highest BCUT2D eigenvalue weighted by Gasteiger charge is 2.12. The summed E-state index contributed by atoms with van der Waals surface area (Å²) in [7, 11) is 1.58. The van der Waals surface area contributed by atoms with Crippen LogP contribution in [0.25, 0.3) is 10.2 Å². The summed E-state index contributed by atoms with van der Waals surface area (Å²) in [5.74, 6) is 0.667. The lowest BCUT2D eigenvalue weighted by Crippen LogP contribution is -2.20. The van der Waals surface area contributed by atoms with Crippen LogP contribution >= 0.6 is 34.5 Å². The van der Waals surface area contributed by atoms with Crippen molar-refractivity contribution in [3.8, 4) is 11.5 Å². The number of thiazole rings is 1.